The number of aliphatic hydroxyl groups is 1. The number of aliphatic hydroxyl groups excluding tert-OH is 1. The van der Waals surface area contributed by atoms with Gasteiger partial charge < -0.3 is 36.4 Å². The summed E-state index contributed by atoms with van der Waals surface area (Å²) >= 11 is 0. The molecule has 6 N–H and O–H groups in total. The zero-order valence-corrected chi connectivity index (χ0v) is 35.0. The van der Waals surface area contributed by atoms with Crippen LogP contribution in [0.5, 0.6) is 0 Å². The van der Waals surface area contributed by atoms with Crippen molar-refractivity contribution in [3.63, 3.8) is 0 Å². The van der Waals surface area contributed by atoms with Gasteiger partial charge in [-0.3, -0.25) is 19.2 Å². The van der Waals surface area contributed by atoms with Gasteiger partial charge in [-0.15, -0.1) is 0 Å². The van der Waals surface area contributed by atoms with E-state index in [9.17, 15) is 37.5 Å². The lowest BCUT2D eigenvalue weighted by Gasteiger charge is -2.31. The molecular formula is C39H67N5O9S. The highest BCUT2D eigenvalue weighted by molar-refractivity contribution is 7.90. The number of benzene rings is 1. The van der Waals surface area contributed by atoms with Gasteiger partial charge in [0.2, 0.25) is 23.6 Å². The highest BCUT2D eigenvalue weighted by Gasteiger charge is 2.34. The van der Waals surface area contributed by atoms with Crippen molar-refractivity contribution in [1.29, 1.82) is 0 Å². The van der Waals surface area contributed by atoms with Crippen LogP contribution >= 0.6 is 0 Å². The van der Waals surface area contributed by atoms with Gasteiger partial charge in [-0.1, -0.05) is 85.2 Å². The molecule has 0 bridgehead atoms. The molecule has 54 heavy (non-hydrogen) atoms. The van der Waals surface area contributed by atoms with Crippen molar-refractivity contribution >= 4 is 39.6 Å². The number of hydrogen-bond acceptors (Lipinski definition) is 9. The van der Waals surface area contributed by atoms with Crippen LogP contribution in [0.15, 0.2) is 30.3 Å². The first-order valence-electron chi connectivity index (χ1n) is 19.0. The minimum Gasteiger partial charge on any atom is -0.444 e. The number of hydrogen-bond donors (Lipinski definition) is 6. The molecule has 0 heterocycles. The van der Waals surface area contributed by atoms with E-state index in [2.05, 4.69) is 26.6 Å². The Kier molecular flexibility index (Phi) is 20.2. The van der Waals surface area contributed by atoms with Crippen molar-refractivity contribution in [2.45, 2.75) is 144 Å². The molecule has 5 amide bonds. The molecule has 0 radical (unpaired) electrons. The van der Waals surface area contributed by atoms with Crippen LogP contribution < -0.4 is 26.6 Å². The lowest BCUT2D eigenvalue weighted by molar-refractivity contribution is -0.133. The van der Waals surface area contributed by atoms with Gasteiger partial charge in [0.15, 0.2) is 0 Å². The minimum atomic E-state index is -3.54. The highest BCUT2D eigenvalue weighted by Crippen LogP contribution is 2.18. The van der Waals surface area contributed by atoms with Gasteiger partial charge in [0.05, 0.1) is 17.9 Å². The molecule has 0 fully saturated rings. The molecule has 0 saturated carbocycles. The van der Waals surface area contributed by atoms with E-state index in [-0.39, 0.29) is 42.9 Å². The maximum atomic E-state index is 13.8. The highest BCUT2D eigenvalue weighted by atomic mass is 32.2. The van der Waals surface area contributed by atoms with Gasteiger partial charge >= 0.3 is 6.09 Å². The number of amides is 5. The fourth-order valence-electron chi connectivity index (χ4n) is 5.66. The fraction of sp³-hybridized carbons (Fsp3) is 0.718. The van der Waals surface area contributed by atoms with Gasteiger partial charge in [-0.25, -0.2) is 13.2 Å². The Balaban J connectivity index is 3.16. The van der Waals surface area contributed by atoms with E-state index in [0.717, 1.165) is 11.8 Å². The Labute approximate surface area is 323 Å². The third kappa shape index (κ3) is 19.6. The predicted octanol–water partition coefficient (Wildman–Crippen LogP) is 3.61. The van der Waals surface area contributed by atoms with Gasteiger partial charge in [0, 0.05) is 18.7 Å². The SMILES string of the molecule is CC[C@H](C)[C@H](NC(=O)[C@H](C)C[C@H](O)[C@H](CC(C)C)NC(=O)C(CCS(C)(=O)=O)NC(=O)[C@H](CC(C)C)NC(=O)OC(C)(C)C)C(=O)NCc1ccccc1. The Morgan fingerprint density at radius 3 is 1.85 bits per heavy atom. The second-order valence-corrected chi connectivity index (χ2v) is 18.6. The molecule has 0 spiro atoms. The van der Waals surface area contributed by atoms with E-state index in [4.69, 9.17) is 4.74 Å². The minimum absolute atomic E-state index is 0.00492. The first-order valence-corrected chi connectivity index (χ1v) is 21.1. The molecule has 0 aliphatic heterocycles. The zero-order chi connectivity index (χ0) is 41.4. The van der Waals surface area contributed by atoms with E-state index in [1.54, 1.807) is 27.7 Å². The summed E-state index contributed by atoms with van der Waals surface area (Å²) in [6.07, 6.45) is -0.166. The van der Waals surface area contributed by atoms with Crippen LogP contribution in [0.4, 0.5) is 4.79 Å². The number of ether oxygens (including phenoxy) is 1. The average molecular weight is 782 g/mol. The molecule has 308 valence electrons. The van der Waals surface area contributed by atoms with Crippen LogP contribution in [0, 0.1) is 23.7 Å². The molecule has 0 saturated heterocycles. The van der Waals surface area contributed by atoms with Gasteiger partial charge in [-0.2, -0.15) is 0 Å². The number of nitrogens with one attached hydrogen (secondary N) is 5. The van der Waals surface area contributed by atoms with Crippen molar-refractivity contribution in [1.82, 2.24) is 26.6 Å². The largest absolute Gasteiger partial charge is 0.444 e. The molecule has 1 aromatic carbocycles. The molecule has 0 aromatic heterocycles. The normalized spacial score (nSPS) is 15.9. The Morgan fingerprint density at radius 1 is 0.759 bits per heavy atom. The standard InChI is InChI=1S/C39H67N5O9S/c1-12-26(6)33(37(49)40-23-28-16-14-13-15-17-28)44-34(46)27(7)22-32(45)30(20-24(2)3)42-35(47)29(18-19-54(11,51)52)41-36(48)31(21-25(4)5)43-38(50)53-39(8,9)10/h13-17,24-27,29-33,45H,12,18-23H2,1-11H3,(H,40,49)(H,41,48)(H,42,47)(H,43,50)(H,44,46)/t26-,27+,29?,30-,31-,32-,33-/m0/s1. The lowest BCUT2D eigenvalue weighted by Crippen LogP contribution is -2.57. The predicted molar refractivity (Wildman–Crippen MR) is 210 cm³/mol. The summed E-state index contributed by atoms with van der Waals surface area (Å²) in [5.74, 6) is -3.55. The maximum absolute atomic E-state index is 13.8. The molecule has 14 nitrogen and oxygen atoms in total. The topological polar surface area (TPSA) is 209 Å². The van der Waals surface area contributed by atoms with Crippen LogP contribution in [0.2, 0.25) is 0 Å². The summed E-state index contributed by atoms with van der Waals surface area (Å²) in [5.41, 5.74) is 0.0960. The molecule has 1 rings (SSSR count). The van der Waals surface area contributed by atoms with E-state index in [1.807, 2.05) is 71.9 Å². The van der Waals surface area contributed by atoms with E-state index >= 15 is 0 Å². The molecular weight excluding hydrogens is 715 g/mol. The van der Waals surface area contributed by atoms with E-state index in [1.165, 1.54) is 0 Å². The van der Waals surface area contributed by atoms with Crippen molar-refractivity contribution in [2.75, 3.05) is 12.0 Å². The molecule has 1 unspecified atom stereocenters. The summed E-state index contributed by atoms with van der Waals surface area (Å²) in [6.45, 7) is 18.3. The molecule has 1 aromatic rings. The third-order valence-corrected chi connectivity index (χ3v) is 9.77. The van der Waals surface area contributed by atoms with Crippen molar-refractivity contribution in [3.8, 4) is 0 Å². The summed E-state index contributed by atoms with van der Waals surface area (Å²) in [6, 6.07) is 5.34. The number of rotatable bonds is 22. The second kappa shape index (κ2) is 22.6. The number of carbonyl (C=O) groups is 5. The van der Waals surface area contributed by atoms with Crippen molar-refractivity contribution < 1.29 is 42.2 Å². The third-order valence-electron chi connectivity index (χ3n) is 8.79. The first kappa shape index (κ1) is 48.3. The maximum Gasteiger partial charge on any atom is 0.408 e. The van der Waals surface area contributed by atoms with Crippen LogP contribution in [-0.4, -0.2) is 91.1 Å². The summed E-state index contributed by atoms with van der Waals surface area (Å²) in [4.78, 5) is 66.5. The summed E-state index contributed by atoms with van der Waals surface area (Å²) < 4.78 is 29.6. The van der Waals surface area contributed by atoms with Gasteiger partial charge in [0.1, 0.15) is 33.6 Å². The molecule has 0 aliphatic rings. The Morgan fingerprint density at radius 2 is 1.33 bits per heavy atom. The Bertz CT molecular complexity index is 1460. The lowest BCUT2D eigenvalue weighted by atomic mass is 9.91. The number of carbonyl (C=O) groups excluding carboxylic acids is 5. The monoisotopic (exact) mass is 781 g/mol. The summed E-state index contributed by atoms with van der Waals surface area (Å²) in [7, 11) is -3.54. The molecule has 7 atom stereocenters. The van der Waals surface area contributed by atoms with Gasteiger partial charge in [0.25, 0.3) is 0 Å². The van der Waals surface area contributed by atoms with Crippen LogP contribution in [0.3, 0.4) is 0 Å². The quantitative estimate of drug-likeness (QED) is 0.101. The zero-order valence-electron chi connectivity index (χ0n) is 34.2. The van der Waals surface area contributed by atoms with E-state index < -0.39 is 81.2 Å². The summed E-state index contributed by atoms with van der Waals surface area (Å²) in [5, 5.41) is 25.1. The number of alkyl carbamates (subject to hydrolysis) is 1. The van der Waals surface area contributed by atoms with Crippen molar-refractivity contribution in [2.24, 2.45) is 23.7 Å². The van der Waals surface area contributed by atoms with Gasteiger partial charge in [-0.05, 0) is 69.8 Å². The smallest absolute Gasteiger partial charge is 0.408 e. The molecule has 0 aliphatic carbocycles. The first-order chi connectivity index (χ1) is 24.9. The van der Waals surface area contributed by atoms with Crippen LogP contribution in [0.25, 0.3) is 0 Å². The second-order valence-electron chi connectivity index (χ2n) is 16.3. The fourth-order valence-corrected chi connectivity index (χ4v) is 6.32. The van der Waals surface area contributed by atoms with Crippen LogP contribution in [0.1, 0.15) is 107 Å². The van der Waals surface area contributed by atoms with Crippen molar-refractivity contribution in [3.05, 3.63) is 35.9 Å². The number of sulfone groups is 1. The van der Waals surface area contributed by atoms with Crippen LogP contribution in [-0.2, 0) is 40.3 Å². The Hall–Kier alpha value is -3.72. The van der Waals surface area contributed by atoms with E-state index in [0.29, 0.717) is 19.4 Å². The average Bonchev–Trinajstić information content (AvgIpc) is 3.05. The molecule has 15 heteroatoms.